The molecule has 0 fully saturated rings. The Kier molecular flexibility index (Phi) is 2.76. The second kappa shape index (κ2) is 3.82. The fourth-order valence-electron chi connectivity index (χ4n) is 0.905. The monoisotopic (exact) mass is 170 g/mol. The van der Waals surface area contributed by atoms with Gasteiger partial charge in [-0.1, -0.05) is 5.10 Å². The maximum atomic E-state index is 10.4. The normalized spacial score (nSPS) is 10.1. The third kappa shape index (κ3) is 1.79. The van der Waals surface area contributed by atoms with Gasteiger partial charge < -0.3 is 15.4 Å². The molecule has 6 heteroatoms. The second-order valence-corrected chi connectivity index (χ2v) is 2.35. The van der Waals surface area contributed by atoms with Gasteiger partial charge in [-0.2, -0.15) is 0 Å². The van der Waals surface area contributed by atoms with E-state index in [1.807, 2.05) is 0 Å². The van der Waals surface area contributed by atoms with Gasteiger partial charge in [0.15, 0.2) is 0 Å². The Morgan fingerprint density at radius 2 is 2.58 bits per heavy atom. The highest BCUT2D eigenvalue weighted by Crippen LogP contribution is 2.13. The quantitative estimate of drug-likeness (QED) is 0.495. The van der Waals surface area contributed by atoms with Crippen molar-refractivity contribution in [3.8, 4) is 0 Å². The number of nitro groups is 1. The molecule has 1 rings (SSSR count). The molecule has 1 aromatic rings. The second-order valence-electron chi connectivity index (χ2n) is 2.35. The number of aromatic amines is 1. The van der Waals surface area contributed by atoms with E-state index < -0.39 is 4.92 Å². The lowest BCUT2D eigenvalue weighted by Crippen LogP contribution is -2.10. The molecule has 6 nitrogen and oxygen atoms in total. The summed E-state index contributed by atoms with van der Waals surface area (Å²) < 4.78 is 0. The highest BCUT2D eigenvalue weighted by Gasteiger charge is 2.13. The summed E-state index contributed by atoms with van der Waals surface area (Å²) >= 11 is 0. The van der Waals surface area contributed by atoms with Crippen molar-refractivity contribution in [2.45, 2.75) is 6.42 Å². The van der Waals surface area contributed by atoms with Gasteiger partial charge in [0.05, 0.1) is 11.8 Å². The van der Waals surface area contributed by atoms with E-state index >= 15 is 0 Å². The van der Waals surface area contributed by atoms with Crippen molar-refractivity contribution in [3.63, 3.8) is 0 Å². The number of aromatic nitrogens is 2. The first-order chi connectivity index (χ1) is 5.75. The van der Waals surface area contributed by atoms with E-state index in [0.717, 1.165) is 0 Å². The molecule has 0 amide bonds. The predicted molar refractivity (Wildman–Crippen MR) is 42.9 cm³/mol. The van der Waals surface area contributed by atoms with Gasteiger partial charge in [-0.15, -0.1) is 5.10 Å². The van der Waals surface area contributed by atoms with E-state index in [0.29, 0.717) is 18.5 Å². The summed E-state index contributed by atoms with van der Waals surface area (Å²) in [5.74, 6) is -0.00903. The molecule has 0 saturated carbocycles. The third-order valence-electron chi connectivity index (χ3n) is 1.52. The number of nitrogens with zero attached hydrogens (tertiary/aromatic N) is 2. The van der Waals surface area contributed by atoms with Crippen LogP contribution in [0.25, 0.3) is 0 Å². The summed E-state index contributed by atoms with van der Waals surface area (Å²) in [7, 11) is 1.80. The Labute approximate surface area is 69.1 Å². The molecule has 1 heterocycles. The molecule has 0 aliphatic carbocycles. The first-order valence-electron chi connectivity index (χ1n) is 3.57. The van der Waals surface area contributed by atoms with Gasteiger partial charge in [-0.25, -0.2) is 0 Å². The van der Waals surface area contributed by atoms with Crippen LogP contribution in [0.3, 0.4) is 0 Å². The van der Waals surface area contributed by atoms with Crippen LogP contribution in [0.15, 0.2) is 6.20 Å². The van der Waals surface area contributed by atoms with Crippen LogP contribution in [0.2, 0.25) is 0 Å². The van der Waals surface area contributed by atoms with Gasteiger partial charge in [0.2, 0.25) is 0 Å². The Balaban J connectivity index is 2.70. The van der Waals surface area contributed by atoms with E-state index in [9.17, 15) is 10.1 Å². The maximum Gasteiger partial charge on any atom is 0.345 e. The molecular weight excluding hydrogens is 160 g/mol. The van der Waals surface area contributed by atoms with Crippen molar-refractivity contribution >= 4 is 5.82 Å². The maximum absolute atomic E-state index is 10.4. The molecule has 0 aliphatic rings. The van der Waals surface area contributed by atoms with Crippen LogP contribution < -0.4 is 5.32 Å². The van der Waals surface area contributed by atoms with Crippen molar-refractivity contribution < 1.29 is 4.92 Å². The average molecular weight is 170 g/mol. The summed E-state index contributed by atoms with van der Waals surface area (Å²) in [5.41, 5.74) is 0.634. The van der Waals surface area contributed by atoms with E-state index in [2.05, 4.69) is 15.5 Å². The summed E-state index contributed by atoms with van der Waals surface area (Å²) in [5, 5.41) is 19.2. The standard InChI is InChI=1S/C6H10N4O2/c1-7-3-2-5-4-8-9-6(5)10(11)12/h4,7H,2-3H2,1H3,(H,8,9). The zero-order valence-corrected chi connectivity index (χ0v) is 6.70. The molecule has 0 saturated heterocycles. The molecule has 1 aromatic heterocycles. The van der Waals surface area contributed by atoms with Gasteiger partial charge in [0.1, 0.15) is 0 Å². The minimum absolute atomic E-state index is 0.00903. The van der Waals surface area contributed by atoms with Crippen molar-refractivity contribution in [2.24, 2.45) is 0 Å². The van der Waals surface area contributed by atoms with Gasteiger partial charge >= 0.3 is 5.82 Å². The summed E-state index contributed by atoms with van der Waals surface area (Å²) in [4.78, 5) is 9.90. The highest BCUT2D eigenvalue weighted by atomic mass is 16.6. The first kappa shape index (κ1) is 8.66. The Bertz CT molecular complexity index is 270. The molecule has 66 valence electrons. The van der Waals surface area contributed by atoms with E-state index in [4.69, 9.17) is 0 Å². The Morgan fingerprint density at radius 3 is 3.17 bits per heavy atom. The van der Waals surface area contributed by atoms with E-state index in [1.54, 1.807) is 7.05 Å². The van der Waals surface area contributed by atoms with Crippen LogP contribution in [-0.2, 0) is 6.42 Å². The number of rotatable bonds is 4. The van der Waals surface area contributed by atoms with Crippen LogP contribution in [0.1, 0.15) is 5.56 Å². The minimum atomic E-state index is -0.460. The van der Waals surface area contributed by atoms with Crippen LogP contribution in [0.5, 0.6) is 0 Å². The zero-order chi connectivity index (χ0) is 8.97. The fourth-order valence-corrected chi connectivity index (χ4v) is 0.905. The van der Waals surface area contributed by atoms with Gasteiger partial charge in [-0.3, -0.25) is 0 Å². The minimum Gasteiger partial charge on any atom is -0.358 e. The number of likely N-dealkylation sites (N-methyl/N-ethyl adjacent to an activating group) is 1. The molecule has 0 bridgehead atoms. The first-order valence-corrected chi connectivity index (χ1v) is 3.57. The molecule has 0 unspecified atom stereocenters. The molecule has 12 heavy (non-hydrogen) atoms. The Hall–Kier alpha value is -1.43. The molecule has 0 atom stereocenters. The smallest absolute Gasteiger partial charge is 0.345 e. The largest absolute Gasteiger partial charge is 0.358 e. The summed E-state index contributed by atoms with van der Waals surface area (Å²) in [6.45, 7) is 0.709. The predicted octanol–water partition coefficient (Wildman–Crippen LogP) is 0.0798. The third-order valence-corrected chi connectivity index (χ3v) is 1.52. The number of hydrogen-bond acceptors (Lipinski definition) is 4. The molecular formula is C6H10N4O2. The number of nitrogens with one attached hydrogen (secondary N) is 2. The molecule has 0 radical (unpaired) electrons. The van der Waals surface area contributed by atoms with Crippen LogP contribution in [0, 0.1) is 10.1 Å². The SMILES string of the molecule is CNCCc1cn[nH]c1[N+](=O)[O-]. The fraction of sp³-hybridized carbons (Fsp3) is 0.500. The molecule has 0 spiro atoms. The van der Waals surface area contributed by atoms with E-state index in [-0.39, 0.29) is 5.82 Å². The molecule has 0 aliphatic heterocycles. The van der Waals surface area contributed by atoms with Crippen molar-refractivity contribution in [1.82, 2.24) is 15.5 Å². The molecule has 0 aromatic carbocycles. The van der Waals surface area contributed by atoms with Crippen LogP contribution in [0.4, 0.5) is 5.82 Å². The summed E-state index contributed by atoms with van der Waals surface area (Å²) in [6.07, 6.45) is 2.10. The average Bonchev–Trinajstić information content (AvgIpc) is 2.48. The van der Waals surface area contributed by atoms with Crippen molar-refractivity contribution in [2.75, 3.05) is 13.6 Å². The van der Waals surface area contributed by atoms with Crippen LogP contribution >= 0.6 is 0 Å². The Morgan fingerprint density at radius 1 is 1.83 bits per heavy atom. The lowest BCUT2D eigenvalue weighted by atomic mass is 10.2. The topological polar surface area (TPSA) is 83.8 Å². The lowest BCUT2D eigenvalue weighted by molar-refractivity contribution is -0.390. The number of hydrogen-bond donors (Lipinski definition) is 2. The van der Waals surface area contributed by atoms with Gasteiger partial charge in [-0.05, 0) is 24.9 Å². The van der Waals surface area contributed by atoms with Crippen molar-refractivity contribution in [3.05, 3.63) is 21.9 Å². The van der Waals surface area contributed by atoms with Crippen molar-refractivity contribution in [1.29, 1.82) is 0 Å². The van der Waals surface area contributed by atoms with Gasteiger partial charge in [0, 0.05) is 0 Å². The summed E-state index contributed by atoms with van der Waals surface area (Å²) in [6, 6.07) is 0. The lowest BCUT2D eigenvalue weighted by Gasteiger charge is -1.96. The van der Waals surface area contributed by atoms with Gasteiger partial charge in [0.25, 0.3) is 0 Å². The highest BCUT2D eigenvalue weighted by molar-refractivity contribution is 5.29. The van der Waals surface area contributed by atoms with E-state index in [1.165, 1.54) is 6.20 Å². The number of H-pyrrole nitrogens is 1. The van der Waals surface area contributed by atoms with Crippen LogP contribution in [-0.4, -0.2) is 28.7 Å². The molecule has 2 N–H and O–H groups in total. The zero-order valence-electron chi connectivity index (χ0n) is 6.70.